The molecule has 0 spiro atoms. The van der Waals surface area contributed by atoms with Crippen LogP contribution in [0.3, 0.4) is 0 Å². The van der Waals surface area contributed by atoms with E-state index >= 15 is 0 Å². The zero-order chi connectivity index (χ0) is 16.3. The van der Waals surface area contributed by atoms with Crippen LogP contribution in [0.25, 0.3) is 11.1 Å². The second kappa shape index (κ2) is 5.92. The van der Waals surface area contributed by atoms with Crippen LogP contribution < -0.4 is 4.74 Å². The minimum Gasteiger partial charge on any atom is -0.505 e. The lowest BCUT2D eigenvalue weighted by atomic mass is 10.0. The molecule has 5 nitrogen and oxygen atoms in total. The van der Waals surface area contributed by atoms with Crippen LogP contribution in [0.2, 0.25) is 0 Å². The van der Waals surface area contributed by atoms with Crippen molar-refractivity contribution in [1.82, 2.24) is 4.98 Å². The Balaban J connectivity index is 2.51. The van der Waals surface area contributed by atoms with Gasteiger partial charge in [0.1, 0.15) is 17.1 Å². The second-order valence-corrected chi connectivity index (χ2v) is 4.15. The van der Waals surface area contributed by atoms with Crippen LogP contribution in [0.5, 0.6) is 11.5 Å². The Labute approximate surface area is 122 Å². The normalized spacial score (nSPS) is 11.1. The molecule has 2 aromatic rings. The first-order valence-electron chi connectivity index (χ1n) is 5.93. The minimum absolute atomic E-state index is 0.125. The van der Waals surface area contributed by atoms with Crippen molar-refractivity contribution < 1.29 is 32.5 Å². The van der Waals surface area contributed by atoms with Crippen molar-refractivity contribution in [3.63, 3.8) is 0 Å². The molecule has 0 fully saturated rings. The smallest absolute Gasteiger partial charge is 0.505 e. The Morgan fingerprint density at radius 1 is 1.27 bits per heavy atom. The molecule has 8 heteroatoms. The first kappa shape index (κ1) is 15.6. The zero-order valence-corrected chi connectivity index (χ0v) is 11.2. The number of ether oxygens (including phenoxy) is 2. The average molecular weight is 313 g/mol. The number of carbonyl (C=O) groups excluding carboxylic acids is 1. The standard InChI is InChI=1S/C14H10F3NO4/c1-21-13(20)12-10(6-18-7-11(12)19)8-3-2-4-9(5-8)22-14(15,16)17/h2-7,19H,1H3. The van der Waals surface area contributed by atoms with Crippen LogP contribution in [-0.2, 0) is 4.74 Å². The van der Waals surface area contributed by atoms with Crippen LogP contribution in [-0.4, -0.2) is 29.5 Å². The highest BCUT2D eigenvalue weighted by molar-refractivity contribution is 5.99. The molecule has 0 aliphatic heterocycles. The van der Waals surface area contributed by atoms with E-state index in [-0.39, 0.29) is 16.7 Å². The molecule has 0 aliphatic rings. The number of hydrogen-bond donors (Lipinski definition) is 1. The number of aromatic hydroxyl groups is 1. The lowest BCUT2D eigenvalue weighted by Gasteiger charge is -2.12. The summed E-state index contributed by atoms with van der Waals surface area (Å²) in [5.41, 5.74) is 0.145. The van der Waals surface area contributed by atoms with Gasteiger partial charge in [0, 0.05) is 11.8 Å². The van der Waals surface area contributed by atoms with Crippen molar-refractivity contribution in [1.29, 1.82) is 0 Å². The largest absolute Gasteiger partial charge is 0.573 e. The topological polar surface area (TPSA) is 68.7 Å². The number of aromatic nitrogens is 1. The molecule has 0 radical (unpaired) electrons. The van der Waals surface area contributed by atoms with Crippen LogP contribution in [0.1, 0.15) is 10.4 Å². The number of nitrogens with zero attached hydrogens (tertiary/aromatic N) is 1. The molecule has 0 amide bonds. The van der Waals surface area contributed by atoms with Gasteiger partial charge in [-0.05, 0) is 17.7 Å². The van der Waals surface area contributed by atoms with Crippen LogP contribution in [0, 0.1) is 0 Å². The summed E-state index contributed by atoms with van der Waals surface area (Å²) in [6, 6.07) is 4.97. The highest BCUT2D eigenvalue weighted by Crippen LogP contribution is 2.32. The Bertz CT molecular complexity index is 701. The number of alkyl halides is 3. The number of hydrogen-bond acceptors (Lipinski definition) is 5. The summed E-state index contributed by atoms with van der Waals surface area (Å²) in [5.74, 6) is -1.73. The van der Waals surface area contributed by atoms with E-state index in [9.17, 15) is 23.1 Å². The fourth-order valence-corrected chi connectivity index (χ4v) is 1.85. The predicted molar refractivity (Wildman–Crippen MR) is 69.4 cm³/mol. The average Bonchev–Trinajstić information content (AvgIpc) is 2.44. The highest BCUT2D eigenvalue weighted by atomic mass is 19.4. The van der Waals surface area contributed by atoms with E-state index in [1.54, 1.807) is 0 Å². The van der Waals surface area contributed by atoms with Gasteiger partial charge in [-0.3, -0.25) is 4.98 Å². The van der Waals surface area contributed by atoms with Gasteiger partial charge in [-0.15, -0.1) is 13.2 Å². The van der Waals surface area contributed by atoms with Gasteiger partial charge < -0.3 is 14.6 Å². The number of pyridine rings is 1. The summed E-state index contributed by atoms with van der Waals surface area (Å²) in [6.07, 6.45) is -2.56. The molecule has 0 saturated carbocycles. The number of halogens is 3. The van der Waals surface area contributed by atoms with Crippen LogP contribution >= 0.6 is 0 Å². The second-order valence-electron chi connectivity index (χ2n) is 4.15. The fourth-order valence-electron chi connectivity index (χ4n) is 1.85. The van der Waals surface area contributed by atoms with E-state index in [2.05, 4.69) is 14.5 Å². The first-order chi connectivity index (χ1) is 10.3. The third-order valence-corrected chi connectivity index (χ3v) is 2.69. The first-order valence-corrected chi connectivity index (χ1v) is 5.93. The molecule has 0 aliphatic carbocycles. The SMILES string of the molecule is COC(=O)c1c(O)cncc1-c1cccc(OC(F)(F)F)c1. The highest BCUT2D eigenvalue weighted by Gasteiger charge is 2.31. The quantitative estimate of drug-likeness (QED) is 0.882. The maximum atomic E-state index is 12.3. The summed E-state index contributed by atoms with van der Waals surface area (Å²) < 4.78 is 45.1. The van der Waals surface area contributed by atoms with Crippen molar-refractivity contribution in [3.8, 4) is 22.6 Å². The van der Waals surface area contributed by atoms with Crippen molar-refractivity contribution in [2.24, 2.45) is 0 Å². The van der Waals surface area contributed by atoms with Gasteiger partial charge in [0.05, 0.1) is 13.3 Å². The lowest BCUT2D eigenvalue weighted by molar-refractivity contribution is -0.274. The van der Waals surface area contributed by atoms with Crippen molar-refractivity contribution in [2.75, 3.05) is 7.11 Å². The number of benzene rings is 1. The summed E-state index contributed by atoms with van der Waals surface area (Å²) in [5, 5.41) is 9.74. The molecule has 0 unspecified atom stereocenters. The zero-order valence-electron chi connectivity index (χ0n) is 11.2. The molecule has 0 atom stereocenters. The maximum Gasteiger partial charge on any atom is 0.573 e. The van der Waals surface area contributed by atoms with E-state index in [1.165, 1.54) is 18.3 Å². The fraction of sp³-hybridized carbons (Fsp3) is 0.143. The van der Waals surface area contributed by atoms with E-state index in [1.807, 2.05) is 0 Å². The van der Waals surface area contributed by atoms with Gasteiger partial charge in [0.15, 0.2) is 0 Å². The molecule has 1 N–H and O–H groups in total. The third-order valence-electron chi connectivity index (χ3n) is 2.69. The van der Waals surface area contributed by atoms with Gasteiger partial charge in [0.2, 0.25) is 0 Å². The molecule has 0 bridgehead atoms. The summed E-state index contributed by atoms with van der Waals surface area (Å²) in [4.78, 5) is 15.4. The number of esters is 1. The van der Waals surface area contributed by atoms with Gasteiger partial charge in [-0.25, -0.2) is 4.79 Å². The molecule has 0 saturated heterocycles. The van der Waals surface area contributed by atoms with Gasteiger partial charge in [-0.2, -0.15) is 0 Å². The van der Waals surface area contributed by atoms with Gasteiger partial charge >= 0.3 is 12.3 Å². The molecular formula is C14H10F3NO4. The van der Waals surface area contributed by atoms with Crippen LogP contribution in [0.4, 0.5) is 13.2 Å². The Morgan fingerprint density at radius 3 is 2.64 bits per heavy atom. The van der Waals surface area contributed by atoms with E-state index in [4.69, 9.17) is 0 Å². The minimum atomic E-state index is -4.83. The molecule has 116 valence electrons. The predicted octanol–water partition coefficient (Wildman–Crippen LogP) is 3.14. The third kappa shape index (κ3) is 3.46. The molecule has 1 heterocycles. The number of carbonyl (C=O) groups is 1. The Hall–Kier alpha value is -2.77. The number of methoxy groups -OCH3 is 1. The summed E-state index contributed by atoms with van der Waals surface area (Å²) in [7, 11) is 1.12. The molecular weight excluding hydrogens is 303 g/mol. The van der Waals surface area contributed by atoms with Gasteiger partial charge in [0.25, 0.3) is 0 Å². The molecule has 1 aromatic heterocycles. The van der Waals surface area contributed by atoms with E-state index < -0.39 is 23.8 Å². The maximum absolute atomic E-state index is 12.3. The van der Waals surface area contributed by atoms with Crippen molar-refractivity contribution in [3.05, 3.63) is 42.2 Å². The van der Waals surface area contributed by atoms with Gasteiger partial charge in [-0.1, -0.05) is 12.1 Å². The molecule has 2 rings (SSSR count). The van der Waals surface area contributed by atoms with E-state index in [0.29, 0.717) is 0 Å². The summed E-state index contributed by atoms with van der Waals surface area (Å²) in [6.45, 7) is 0. The van der Waals surface area contributed by atoms with Crippen molar-refractivity contribution >= 4 is 5.97 Å². The lowest BCUT2D eigenvalue weighted by Crippen LogP contribution is -2.17. The monoisotopic (exact) mass is 313 g/mol. The molecule has 22 heavy (non-hydrogen) atoms. The Kier molecular flexibility index (Phi) is 4.20. The van der Waals surface area contributed by atoms with Crippen molar-refractivity contribution in [2.45, 2.75) is 6.36 Å². The molecule has 1 aromatic carbocycles. The van der Waals surface area contributed by atoms with E-state index in [0.717, 1.165) is 25.4 Å². The summed E-state index contributed by atoms with van der Waals surface area (Å²) >= 11 is 0. The number of rotatable bonds is 3. The Morgan fingerprint density at radius 2 is 2.00 bits per heavy atom. The van der Waals surface area contributed by atoms with Crippen LogP contribution in [0.15, 0.2) is 36.7 Å².